The lowest BCUT2D eigenvalue weighted by molar-refractivity contribution is 0.0693. The first-order chi connectivity index (χ1) is 8.17. The Bertz CT molecular complexity index is 562. The highest BCUT2D eigenvalue weighted by molar-refractivity contribution is 5.93. The molecule has 0 aliphatic rings. The largest absolute Gasteiger partial charge is 0.495 e. The van der Waals surface area contributed by atoms with Gasteiger partial charge >= 0.3 is 5.97 Å². The van der Waals surface area contributed by atoms with Crippen molar-refractivity contribution in [3.63, 3.8) is 0 Å². The molecule has 0 aromatic carbocycles. The third-order valence-electron chi connectivity index (χ3n) is 2.49. The van der Waals surface area contributed by atoms with Crippen LogP contribution < -0.4 is 10.5 Å². The summed E-state index contributed by atoms with van der Waals surface area (Å²) >= 11 is 0. The van der Waals surface area contributed by atoms with Crippen LogP contribution in [0.15, 0.2) is 18.3 Å². The molecule has 3 N–H and O–H groups in total. The van der Waals surface area contributed by atoms with Crippen LogP contribution in [0.3, 0.4) is 0 Å². The van der Waals surface area contributed by atoms with E-state index >= 15 is 0 Å². The fraction of sp³-hybridized carbons (Fsp3) is 0.273. The molecule has 0 spiro atoms. The molecule has 0 saturated heterocycles. The van der Waals surface area contributed by atoms with Gasteiger partial charge in [-0.2, -0.15) is 0 Å². The molecular weight excluding hydrogens is 222 g/mol. The topological polar surface area (TPSA) is 89.8 Å². The van der Waals surface area contributed by atoms with Crippen LogP contribution in [-0.2, 0) is 6.42 Å². The van der Waals surface area contributed by atoms with Gasteiger partial charge in [-0.25, -0.2) is 9.78 Å². The maximum absolute atomic E-state index is 11.0. The molecular formula is C11H13N3O3. The Kier molecular flexibility index (Phi) is 2.97. The van der Waals surface area contributed by atoms with E-state index in [9.17, 15) is 4.79 Å². The van der Waals surface area contributed by atoms with Crippen molar-refractivity contribution >= 4 is 11.5 Å². The smallest absolute Gasteiger partial charge is 0.356 e. The molecule has 0 saturated carbocycles. The van der Waals surface area contributed by atoms with Crippen molar-refractivity contribution in [3.8, 4) is 5.75 Å². The van der Waals surface area contributed by atoms with Crippen LogP contribution in [0.4, 0.5) is 0 Å². The van der Waals surface area contributed by atoms with Gasteiger partial charge in [0.25, 0.3) is 0 Å². The molecule has 0 fully saturated rings. The summed E-state index contributed by atoms with van der Waals surface area (Å²) in [6, 6.07) is 3.38. The number of pyridine rings is 1. The van der Waals surface area contributed by atoms with Crippen LogP contribution in [0.1, 0.15) is 16.3 Å². The lowest BCUT2D eigenvalue weighted by atomic mass is 10.3. The number of carbonyl (C=O) groups is 1. The number of methoxy groups -OCH3 is 1. The molecule has 2 heterocycles. The van der Waals surface area contributed by atoms with E-state index < -0.39 is 5.97 Å². The Hall–Kier alpha value is -2.08. The van der Waals surface area contributed by atoms with Crippen molar-refractivity contribution in [2.24, 2.45) is 5.73 Å². The average molecular weight is 235 g/mol. The van der Waals surface area contributed by atoms with Gasteiger partial charge in [-0.15, -0.1) is 0 Å². The Morgan fingerprint density at radius 1 is 1.59 bits per heavy atom. The Morgan fingerprint density at radius 2 is 2.35 bits per heavy atom. The number of ether oxygens (including phenoxy) is 1. The Morgan fingerprint density at radius 3 is 2.94 bits per heavy atom. The fourth-order valence-electron chi connectivity index (χ4n) is 1.71. The SMILES string of the molecule is COc1ccc2c(C(=O)O)nc(CCN)n2c1. The molecule has 6 heteroatoms. The quantitative estimate of drug-likeness (QED) is 0.807. The summed E-state index contributed by atoms with van der Waals surface area (Å²) in [5.41, 5.74) is 6.06. The van der Waals surface area contributed by atoms with Gasteiger partial charge in [0.15, 0.2) is 5.69 Å². The lowest BCUT2D eigenvalue weighted by Crippen LogP contribution is -2.06. The first-order valence-corrected chi connectivity index (χ1v) is 5.15. The molecule has 17 heavy (non-hydrogen) atoms. The summed E-state index contributed by atoms with van der Waals surface area (Å²) in [4.78, 5) is 15.1. The third-order valence-corrected chi connectivity index (χ3v) is 2.49. The minimum Gasteiger partial charge on any atom is -0.495 e. The van der Waals surface area contributed by atoms with Gasteiger partial charge in [0, 0.05) is 6.42 Å². The van der Waals surface area contributed by atoms with Gasteiger partial charge in [0.05, 0.1) is 18.8 Å². The van der Waals surface area contributed by atoms with Crippen molar-refractivity contribution in [3.05, 3.63) is 29.8 Å². The molecule has 0 aliphatic heterocycles. The van der Waals surface area contributed by atoms with Crippen molar-refractivity contribution in [1.29, 1.82) is 0 Å². The van der Waals surface area contributed by atoms with Gasteiger partial charge in [-0.05, 0) is 18.7 Å². The first-order valence-electron chi connectivity index (χ1n) is 5.15. The maximum Gasteiger partial charge on any atom is 0.356 e. The molecule has 90 valence electrons. The highest BCUT2D eigenvalue weighted by Crippen LogP contribution is 2.18. The summed E-state index contributed by atoms with van der Waals surface area (Å²) in [5.74, 6) is 0.222. The number of imidazole rings is 1. The van der Waals surface area contributed by atoms with E-state index in [2.05, 4.69) is 4.98 Å². The zero-order valence-electron chi connectivity index (χ0n) is 9.38. The van der Waals surface area contributed by atoms with E-state index in [1.165, 1.54) is 0 Å². The Balaban J connectivity index is 2.67. The molecule has 2 rings (SSSR count). The number of nitrogens with two attached hydrogens (primary N) is 1. The molecule has 0 bridgehead atoms. The minimum atomic E-state index is -1.05. The number of hydrogen-bond acceptors (Lipinski definition) is 4. The van der Waals surface area contributed by atoms with E-state index in [0.717, 1.165) is 0 Å². The fourth-order valence-corrected chi connectivity index (χ4v) is 1.71. The van der Waals surface area contributed by atoms with Crippen LogP contribution in [0.25, 0.3) is 5.52 Å². The summed E-state index contributed by atoms with van der Waals surface area (Å²) in [7, 11) is 1.55. The molecule has 0 atom stereocenters. The summed E-state index contributed by atoms with van der Waals surface area (Å²) in [6.45, 7) is 0.412. The third kappa shape index (κ3) is 1.94. The molecule has 0 amide bonds. The van der Waals surface area contributed by atoms with Crippen molar-refractivity contribution < 1.29 is 14.6 Å². The van der Waals surface area contributed by atoms with Crippen LogP contribution in [0, 0.1) is 0 Å². The second-order valence-corrected chi connectivity index (χ2v) is 3.54. The summed E-state index contributed by atoms with van der Waals surface area (Å²) in [6.07, 6.45) is 2.22. The minimum absolute atomic E-state index is 0.0381. The highest BCUT2D eigenvalue weighted by Gasteiger charge is 2.16. The van der Waals surface area contributed by atoms with E-state index in [1.54, 1.807) is 29.8 Å². The zero-order valence-corrected chi connectivity index (χ0v) is 9.38. The molecule has 0 unspecified atom stereocenters. The van der Waals surface area contributed by atoms with Crippen molar-refractivity contribution in [1.82, 2.24) is 9.38 Å². The van der Waals surface area contributed by atoms with E-state index in [-0.39, 0.29) is 5.69 Å². The predicted octanol–water partition coefficient (Wildman–Crippen LogP) is 0.542. The zero-order chi connectivity index (χ0) is 12.4. The summed E-state index contributed by atoms with van der Waals surface area (Å²) in [5, 5.41) is 9.05. The van der Waals surface area contributed by atoms with Gasteiger partial charge < -0.3 is 15.6 Å². The van der Waals surface area contributed by atoms with Crippen LogP contribution in [0.5, 0.6) is 5.75 Å². The summed E-state index contributed by atoms with van der Waals surface area (Å²) < 4.78 is 6.80. The van der Waals surface area contributed by atoms with E-state index in [1.807, 2.05) is 0 Å². The number of carboxylic acids is 1. The van der Waals surface area contributed by atoms with E-state index in [4.69, 9.17) is 15.6 Å². The standard InChI is InChI=1S/C11H13N3O3/c1-17-7-2-3-8-10(11(15)16)13-9(4-5-12)14(8)6-7/h2-3,6H,4-5,12H2,1H3,(H,15,16). The number of aromatic carboxylic acids is 1. The molecule has 2 aromatic rings. The van der Waals surface area contributed by atoms with Gasteiger partial charge in [0.2, 0.25) is 0 Å². The van der Waals surface area contributed by atoms with Crippen LogP contribution in [-0.4, -0.2) is 34.1 Å². The number of hydrogen-bond donors (Lipinski definition) is 2. The predicted molar refractivity (Wildman–Crippen MR) is 61.5 cm³/mol. The molecule has 0 aliphatic carbocycles. The highest BCUT2D eigenvalue weighted by atomic mass is 16.5. The lowest BCUT2D eigenvalue weighted by Gasteiger charge is -2.03. The van der Waals surface area contributed by atoms with Gasteiger partial charge in [-0.3, -0.25) is 4.40 Å². The number of nitrogens with zero attached hydrogens (tertiary/aromatic N) is 2. The van der Waals surface area contributed by atoms with Crippen LogP contribution >= 0.6 is 0 Å². The van der Waals surface area contributed by atoms with Gasteiger partial charge in [-0.1, -0.05) is 0 Å². The van der Waals surface area contributed by atoms with Crippen molar-refractivity contribution in [2.45, 2.75) is 6.42 Å². The maximum atomic E-state index is 11.0. The average Bonchev–Trinajstić information content (AvgIpc) is 2.68. The molecule has 6 nitrogen and oxygen atoms in total. The number of carboxylic acid groups (broad SMARTS) is 1. The van der Waals surface area contributed by atoms with Crippen LogP contribution in [0.2, 0.25) is 0 Å². The van der Waals surface area contributed by atoms with E-state index in [0.29, 0.717) is 30.1 Å². The second-order valence-electron chi connectivity index (χ2n) is 3.54. The number of fused-ring (bicyclic) bond motifs is 1. The first kappa shape index (κ1) is 11.4. The normalized spacial score (nSPS) is 10.7. The monoisotopic (exact) mass is 235 g/mol. The van der Waals surface area contributed by atoms with Gasteiger partial charge in [0.1, 0.15) is 11.6 Å². The molecule has 2 aromatic heterocycles. The second kappa shape index (κ2) is 4.42. The van der Waals surface area contributed by atoms with Crippen molar-refractivity contribution in [2.75, 3.05) is 13.7 Å². The Labute approximate surface area is 97.6 Å². The number of aromatic nitrogens is 2. The molecule has 0 radical (unpaired) electrons. The number of rotatable bonds is 4.